The molecule has 0 saturated carbocycles. The maximum atomic E-state index is 3.55. The van der Waals surface area contributed by atoms with Crippen LogP contribution in [0.25, 0.3) is 0 Å². The maximum Gasteiger partial charge on any atom is 0.112 e. The number of quaternary nitrogens is 1. The van der Waals surface area contributed by atoms with Gasteiger partial charge in [-0.3, -0.25) is 0 Å². The highest BCUT2D eigenvalue weighted by Crippen LogP contribution is 2.22. The third kappa shape index (κ3) is 3.25. The number of para-hydroxylation sites is 1. The summed E-state index contributed by atoms with van der Waals surface area (Å²) in [4.78, 5) is 5.71. The molecule has 2 aromatic rings. The molecule has 0 amide bonds. The van der Waals surface area contributed by atoms with Gasteiger partial charge in [0.05, 0.1) is 34.8 Å². The molecule has 1 N–H and O–H groups in total. The van der Waals surface area contributed by atoms with Crippen molar-refractivity contribution in [3.63, 3.8) is 0 Å². The summed E-state index contributed by atoms with van der Waals surface area (Å²) in [6, 6.07) is 13.1. The van der Waals surface area contributed by atoms with E-state index in [9.17, 15) is 0 Å². The molecule has 0 spiro atoms. The summed E-state index contributed by atoms with van der Waals surface area (Å²) in [6.45, 7) is 8.14. The lowest BCUT2D eigenvalue weighted by molar-refractivity contribution is -0.914. The van der Waals surface area contributed by atoms with Crippen LogP contribution in [0.15, 0.2) is 40.2 Å². The van der Waals surface area contributed by atoms with Crippen LogP contribution in [0.3, 0.4) is 0 Å². The van der Waals surface area contributed by atoms with Gasteiger partial charge in [-0.2, -0.15) is 0 Å². The third-order valence-corrected chi connectivity index (χ3v) is 5.60. The minimum Gasteiger partial charge on any atom is -0.360 e. The fourth-order valence-electron chi connectivity index (χ4n) is 2.85. The Hall–Kier alpha value is -0.840. The van der Waals surface area contributed by atoms with Crippen LogP contribution in [-0.2, 0) is 6.54 Å². The van der Waals surface area contributed by atoms with E-state index in [1.807, 2.05) is 11.3 Å². The van der Waals surface area contributed by atoms with E-state index in [0.717, 1.165) is 19.6 Å². The van der Waals surface area contributed by atoms with Crippen LogP contribution in [0.2, 0.25) is 0 Å². The molecule has 0 atom stereocenters. The van der Waals surface area contributed by atoms with E-state index in [4.69, 9.17) is 0 Å². The molecule has 0 radical (unpaired) electrons. The van der Waals surface area contributed by atoms with Gasteiger partial charge >= 0.3 is 0 Å². The summed E-state index contributed by atoms with van der Waals surface area (Å²) in [6.07, 6.45) is 0. The number of thiophene rings is 1. The van der Waals surface area contributed by atoms with Gasteiger partial charge in [-0.05, 0) is 46.6 Å². The third-order valence-electron chi connectivity index (χ3n) is 3.98. The van der Waals surface area contributed by atoms with Crippen LogP contribution in [-0.4, -0.2) is 26.2 Å². The second-order valence-corrected chi connectivity index (χ2v) is 7.95. The summed E-state index contributed by atoms with van der Waals surface area (Å²) in [5, 5.41) is 0. The number of halogens is 1. The van der Waals surface area contributed by atoms with Crippen molar-refractivity contribution in [2.45, 2.75) is 13.5 Å². The Morgan fingerprint density at radius 3 is 2.55 bits per heavy atom. The molecular formula is C16H20BrN2S+. The highest BCUT2D eigenvalue weighted by Gasteiger charge is 2.21. The number of hydrogen-bond acceptors (Lipinski definition) is 2. The van der Waals surface area contributed by atoms with Crippen LogP contribution in [0, 0.1) is 6.92 Å². The monoisotopic (exact) mass is 351 g/mol. The van der Waals surface area contributed by atoms with E-state index in [0.29, 0.717) is 0 Å². The van der Waals surface area contributed by atoms with Crippen molar-refractivity contribution in [1.29, 1.82) is 0 Å². The summed E-state index contributed by atoms with van der Waals surface area (Å²) < 4.78 is 1.24. The molecule has 1 fully saturated rings. The number of aryl methyl sites for hydroxylation is 1. The first-order chi connectivity index (χ1) is 9.72. The number of anilines is 1. The van der Waals surface area contributed by atoms with Crippen molar-refractivity contribution in [1.82, 2.24) is 0 Å². The maximum absolute atomic E-state index is 3.55. The first-order valence-corrected chi connectivity index (χ1v) is 8.72. The average molecular weight is 352 g/mol. The zero-order valence-electron chi connectivity index (χ0n) is 11.7. The Labute approximate surface area is 133 Å². The molecule has 1 aromatic heterocycles. The van der Waals surface area contributed by atoms with E-state index >= 15 is 0 Å². The minimum atomic E-state index is 1.16. The first-order valence-electron chi connectivity index (χ1n) is 7.11. The molecule has 2 heterocycles. The molecular weight excluding hydrogens is 332 g/mol. The smallest absolute Gasteiger partial charge is 0.112 e. The first kappa shape index (κ1) is 14.1. The number of hydrogen-bond donors (Lipinski definition) is 1. The molecule has 2 nitrogen and oxygen atoms in total. The van der Waals surface area contributed by atoms with Crippen molar-refractivity contribution < 1.29 is 4.90 Å². The zero-order chi connectivity index (χ0) is 13.9. The van der Waals surface area contributed by atoms with E-state index in [-0.39, 0.29) is 0 Å². The number of benzene rings is 1. The molecule has 106 valence electrons. The lowest BCUT2D eigenvalue weighted by atomic mass is 10.1. The normalized spacial score (nSPS) is 16.6. The van der Waals surface area contributed by atoms with Crippen LogP contribution >= 0.6 is 27.3 Å². The lowest BCUT2D eigenvalue weighted by Crippen LogP contribution is -3.13. The fraction of sp³-hybridized carbons (Fsp3) is 0.375. The molecule has 0 bridgehead atoms. The molecule has 0 aliphatic carbocycles. The second kappa shape index (κ2) is 6.29. The fourth-order valence-corrected chi connectivity index (χ4v) is 4.41. The highest BCUT2D eigenvalue weighted by atomic mass is 79.9. The van der Waals surface area contributed by atoms with Crippen molar-refractivity contribution in [2.75, 3.05) is 31.1 Å². The molecule has 1 aliphatic heterocycles. The zero-order valence-corrected chi connectivity index (χ0v) is 14.1. The summed E-state index contributed by atoms with van der Waals surface area (Å²) >= 11 is 5.41. The molecule has 4 heteroatoms. The van der Waals surface area contributed by atoms with E-state index in [1.54, 1.807) is 4.90 Å². The van der Waals surface area contributed by atoms with Gasteiger partial charge in [0.15, 0.2) is 0 Å². The van der Waals surface area contributed by atoms with Crippen LogP contribution in [0.1, 0.15) is 10.4 Å². The Morgan fingerprint density at radius 1 is 1.15 bits per heavy atom. The molecule has 20 heavy (non-hydrogen) atoms. The lowest BCUT2D eigenvalue weighted by Gasteiger charge is -2.34. The van der Waals surface area contributed by atoms with Gasteiger partial charge in [0, 0.05) is 5.69 Å². The van der Waals surface area contributed by atoms with Gasteiger partial charge in [-0.1, -0.05) is 18.2 Å². The summed E-state index contributed by atoms with van der Waals surface area (Å²) in [5.41, 5.74) is 2.79. The number of nitrogens with zero attached hydrogens (tertiary/aromatic N) is 1. The van der Waals surface area contributed by atoms with Gasteiger partial charge in [-0.25, -0.2) is 0 Å². The highest BCUT2D eigenvalue weighted by molar-refractivity contribution is 9.11. The molecule has 1 saturated heterocycles. The Bertz CT molecular complexity index is 573. The standard InChI is InChI=1S/C16H19BrN2S/c1-13-4-2-3-5-15(13)19-10-8-18(9-11-19)12-14-6-7-16(17)20-14/h2-7H,8-12H2,1H3/p+1. The van der Waals surface area contributed by atoms with Crippen molar-refractivity contribution in [2.24, 2.45) is 0 Å². The largest absolute Gasteiger partial charge is 0.360 e. The Balaban J connectivity index is 1.58. The average Bonchev–Trinajstić information content (AvgIpc) is 2.86. The quantitative estimate of drug-likeness (QED) is 0.893. The van der Waals surface area contributed by atoms with Crippen LogP contribution in [0.5, 0.6) is 0 Å². The van der Waals surface area contributed by atoms with E-state index < -0.39 is 0 Å². The predicted molar refractivity (Wildman–Crippen MR) is 89.8 cm³/mol. The van der Waals surface area contributed by atoms with Gasteiger partial charge < -0.3 is 9.80 Å². The summed E-state index contributed by atoms with van der Waals surface area (Å²) in [5.74, 6) is 0. The molecule has 1 aromatic carbocycles. The van der Waals surface area contributed by atoms with Crippen molar-refractivity contribution in [3.8, 4) is 0 Å². The van der Waals surface area contributed by atoms with E-state index in [1.165, 1.54) is 33.0 Å². The second-order valence-electron chi connectivity index (χ2n) is 5.41. The number of piperazine rings is 1. The SMILES string of the molecule is Cc1ccccc1N1CC[NH+](Cc2ccc(Br)s2)CC1. The predicted octanol–water partition coefficient (Wildman–Crippen LogP) is 2.72. The van der Waals surface area contributed by atoms with Crippen molar-refractivity contribution in [3.05, 3.63) is 50.6 Å². The van der Waals surface area contributed by atoms with Crippen LogP contribution < -0.4 is 9.80 Å². The molecule has 0 unspecified atom stereocenters. The number of rotatable bonds is 3. The van der Waals surface area contributed by atoms with Crippen LogP contribution in [0.4, 0.5) is 5.69 Å². The van der Waals surface area contributed by atoms with E-state index in [2.05, 4.69) is 64.2 Å². The Morgan fingerprint density at radius 2 is 1.90 bits per heavy atom. The van der Waals surface area contributed by atoms with Crippen molar-refractivity contribution >= 4 is 33.0 Å². The Kier molecular flexibility index (Phi) is 4.44. The molecule has 1 aliphatic rings. The van der Waals surface area contributed by atoms with Gasteiger partial charge in [0.25, 0.3) is 0 Å². The minimum absolute atomic E-state index is 1.16. The topological polar surface area (TPSA) is 7.68 Å². The summed E-state index contributed by atoms with van der Waals surface area (Å²) in [7, 11) is 0. The van der Waals surface area contributed by atoms with Gasteiger partial charge in [0.2, 0.25) is 0 Å². The number of nitrogens with one attached hydrogen (secondary N) is 1. The van der Waals surface area contributed by atoms with Gasteiger partial charge in [-0.15, -0.1) is 11.3 Å². The molecule has 3 rings (SSSR count). The van der Waals surface area contributed by atoms with Gasteiger partial charge in [0.1, 0.15) is 6.54 Å².